The van der Waals surface area contributed by atoms with E-state index >= 15 is 0 Å². The predicted octanol–water partition coefficient (Wildman–Crippen LogP) is 6.54. The molecular formula is C37H61NO8. The summed E-state index contributed by atoms with van der Waals surface area (Å²) in [5, 5.41) is 12.1. The SMILES string of the molecule is CCC.COCCOCCOC(=O)Oc1ccc(C)c2c1O[C@H]1C(OC)C(C(C)(O)C(C)(C)C)CC3C(C)N(CC4CC4)CCC231. The van der Waals surface area contributed by atoms with Crippen LogP contribution in [0.3, 0.4) is 0 Å². The average molecular weight is 648 g/mol. The smallest absolute Gasteiger partial charge is 0.483 e. The second-order valence-electron chi connectivity index (χ2n) is 15.2. The summed E-state index contributed by atoms with van der Waals surface area (Å²) in [6.07, 6.45) is 4.15. The number of fused-ring (bicyclic) bond motifs is 1. The Morgan fingerprint density at radius 2 is 1.76 bits per heavy atom. The Balaban J connectivity index is 0.00000154. The maximum atomic E-state index is 12.8. The summed E-state index contributed by atoms with van der Waals surface area (Å²) in [7, 11) is 3.34. The molecule has 0 radical (unpaired) electrons. The van der Waals surface area contributed by atoms with Crippen LogP contribution in [0.1, 0.15) is 91.7 Å². The summed E-state index contributed by atoms with van der Waals surface area (Å²) in [5.41, 5.74) is 0.535. The first-order valence-electron chi connectivity index (χ1n) is 17.5. The van der Waals surface area contributed by atoms with Gasteiger partial charge in [-0.2, -0.15) is 0 Å². The van der Waals surface area contributed by atoms with Crippen molar-refractivity contribution in [2.75, 3.05) is 53.7 Å². The van der Waals surface area contributed by atoms with Crippen LogP contribution in [0.4, 0.5) is 4.79 Å². The standard InChI is InChI=1S/C34H53NO8.C3H8/c1-21-9-12-26(42-31(36)41-18-17-40-16-15-38-7)29-27(21)34-13-14-35(20-23-10-11-23)22(2)24(34)19-25(28(39-8)30(34)43-29)33(6,37)32(3,4)5;1-3-2/h9,12,22-25,28,30,37H,10-11,13-20H2,1-8H3;3H2,1-2H3/t22?,24?,25?,28?,30-,33?,34?;/m0./s1. The number of aliphatic hydroxyl groups is 1. The molecule has 262 valence electrons. The lowest BCUT2D eigenvalue weighted by molar-refractivity contribution is -0.203. The minimum Gasteiger partial charge on any atom is -0.483 e. The molecule has 1 spiro atoms. The van der Waals surface area contributed by atoms with Gasteiger partial charge in [-0.05, 0) is 81.9 Å². The van der Waals surface area contributed by atoms with Gasteiger partial charge in [0.05, 0.1) is 25.4 Å². The predicted molar refractivity (Wildman–Crippen MR) is 179 cm³/mol. The fraction of sp³-hybridized carbons (Fsp3) is 0.811. The van der Waals surface area contributed by atoms with E-state index in [9.17, 15) is 9.90 Å². The third kappa shape index (κ3) is 7.24. The number of benzene rings is 1. The lowest BCUT2D eigenvalue weighted by atomic mass is 9.49. The van der Waals surface area contributed by atoms with E-state index < -0.39 is 11.8 Å². The average Bonchev–Trinajstić information content (AvgIpc) is 3.75. The van der Waals surface area contributed by atoms with E-state index in [2.05, 4.69) is 53.4 Å². The Morgan fingerprint density at radius 3 is 2.37 bits per heavy atom. The highest BCUT2D eigenvalue weighted by atomic mass is 16.7. The molecule has 4 aliphatic rings. The third-order valence-electron chi connectivity index (χ3n) is 11.2. The van der Waals surface area contributed by atoms with Crippen LogP contribution in [-0.2, 0) is 24.4 Å². The molecular weight excluding hydrogens is 586 g/mol. The first kappa shape index (κ1) is 36.9. The van der Waals surface area contributed by atoms with Crippen molar-refractivity contribution in [3.8, 4) is 11.5 Å². The molecule has 1 saturated heterocycles. The Hall–Kier alpha value is -1.91. The number of methoxy groups -OCH3 is 2. The molecule has 1 aromatic rings. The van der Waals surface area contributed by atoms with Crippen LogP contribution >= 0.6 is 0 Å². The van der Waals surface area contributed by atoms with Gasteiger partial charge in [-0.3, -0.25) is 0 Å². The molecule has 7 atom stereocenters. The summed E-state index contributed by atoms with van der Waals surface area (Å²) in [6.45, 7) is 20.3. The van der Waals surface area contributed by atoms with Gasteiger partial charge in [0.1, 0.15) is 18.8 Å². The summed E-state index contributed by atoms with van der Waals surface area (Å²) in [4.78, 5) is 15.4. The quantitative estimate of drug-likeness (QED) is 0.163. The molecule has 46 heavy (non-hydrogen) atoms. The molecule has 0 aromatic heterocycles. The number of carbonyl (C=O) groups excluding carboxylic acids is 1. The third-order valence-corrected chi connectivity index (χ3v) is 11.2. The van der Waals surface area contributed by atoms with Gasteiger partial charge in [-0.15, -0.1) is 0 Å². The molecule has 9 heteroatoms. The molecule has 2 saturated carbocycles. The van der Waals surface area contributed by atoms with Gasteiger partial charge in [-0.1, -0.05) is 47.1 Å². The van der Waals surface area contributed by atoms with Crippen molar-refractivity contribution in [2.24, 2.45) is 23.2 Å². The number of piperidine rings is 1. The lowest BCUT2D eigenvalue weighted by Crippen LogP contribution is -2.69. The van der Waals surface area contributed by atoms with E-state index in [0.717, 1.165) is 43.0 Å². The Morgan fingerprint density at radius 1 is 1.09 bits per heavy atom. The first-order valence-corrected chi connectivity index (χ1v) is 17.5. The van der Waals surface area contributed by atoms with Crippen molar-refractivity contribution in [2.45, 2.75) is 117 Å². The summed E-state index contributed by atoms with van der Waals surface area (Å²) in [6, 6.07) is 4.12. The maximum Gasteiger partial charge on any atom is 0.514 e. The van der Waals surface area contributed by atoms with Gasteiger partial charge in [-0.25, -0.2) is 4.79 Å². The van der Waals surface area contributed by atoms with Crippen LogP contribution in [0.5, 0.6) is 11.5 Å². The summed E-state index contributed by atoms with van der Waals surface area (Å²) in [5.74, 6) is 1.83. The number of nitrogens with zero attached hydrogens (tertiary/aromatic N) is 1. The number of aryl methyl sites for hydroxylation is 1. The van der Waals surface area contributed by atoms with Gasteiger partial charge >= 0.3 is 6.16 Å². The molecule has 0 amide bonds. The molecule has 1 aromatic carbocycles. The van der Waals surface area contributed by atoms with Crippen LogP contribution < -0.4 is 9.47 Å². The van der Waals surface area contributed by atoms with E-state index in [1.54, 1.807) is 20.3 Å². The number of likely N-dealkylation sites (tertiary alicyclic amines) is 1. The van der Waals surface area contributed by atoms with Crippen LogP contribution in [-0.4, -0.2) is 93.7 Å². The van der Waals surface area contributed by atoms with Crippen LogP contribution in [0, 0.1) is 30.1 Å². The fourth-order valence-electron chi connectivity index (χ4n) is 8.10. The van der Waals surface area contributed by atoms with Gasteiger partial charge in [0.2, 0.25) is 0 Å². The minimum absolute atomic E-state index is 0.0791. The van der Waals surface area contributed by atoms with Crippen molar-refractivity contribution in [1.29, 1.82) is 0 Å². The Bertz CT molecular complexity index is 1160. The van der Waals surface area contributed by atoms with Crippen molar-refractivity contribution >= 4 is 6.16 Å². The number of rotatable bonds is 11. The molecule has 0 bridgehead atoms. The van der Waals surface area contributed by atoms with Crippen LogP contribution in [0.25, 0.3) is 0 Å². The number of hydrogen-bond donors (Lipinski definition) is 1. The van der Waals surface area contributed by atoms with E-state index in [0.29, 0.717) is 30.8 Å². The van der Waals surface area contributed by atoms with E-state index in [-0.39, 0.29) is 48.1 Å². The van der Waals surface area contributed by atoms with Gasteiger partial charge in [0.15, 0.2) is 11.5 Å². The normalized spacial score (nSPS) is 30.1. The van der Waals surface area contributed by atoms with Crippen LogP contribution in [0.2, 0.25) is 0 Å². The fourth-order valence-corrected chi connectivity index (χ4v) is 8.10. The van der Waals surface area contributed by atoms with Crippen LogP contribution in [0.15, 0.2) is 12.1 Å². The van der Waals surface area contributed by atoms with E-state index in [1.807, 2.05) is 13.0 Å². The highest BCUT2D eigenvalue weighted by molar-refractivity contribution is 5.68. The van der Waals surface area contributed by atoms with Gasteiger partial charge in [0.25, 0.3) is 0 Å². The highest BCUT2D eigenvalue weighted by Crippen LogP contribution is 2.64. The van der Waals surface area contributed by atoms with E-state index in [4.69, 9.17) is 28.4 Å². The lowest BCUT2D eigenvalue weighted by Gasteiger charge is -2.61. The summed E-state index contributed by atoms with van der Waals surface area (Å²) < 4.78 is 34.7. The molecule has 3 fully saturated rings. The van der Waals surface area contributed by atoms with Crippen molar-refractivity contribution in [1.82, 2.24) is 4.90 Å². The zero-order valence-corrected chi connectivity index (χ0v) is 30.1. The zero-order valence-electron chi connectivity index (χ0n) is 30.1. The Kier molecular flexibility index (Phi) is 12.1. The molecule has 6 unspecified atom stereocenters. The highest BCUT2D eigenvalue weighted by Gasteiger charge is 2.68. The molecule has 2 heterocycles. The molecule has 5 rings (SSSR count). The molecule has 9 nitrogen and oxygen atoms in total. The number of ether oxygens (including phenoxy) is 6. The Labute approximate surface area is 277 Å². The monoisotopic (exact) mass is 647 g/mol. The number of carbonyl (C=O) groups is 1. The van der Waals surface area contributed by atoms with E-state index in [1.165, 1.54) is 19.3 Å². The van der Waals surface area contributed by atoms with Gasteiger partial charge < -0.3 is 38.4 Å². The minimum atomic E-state index is -1.00. The van der Waals surface area contributed by atoms with Crippen molar-refractivity contribution in [3.63, 3.8) is 0 Å². The van der Waals surface area contributed by atoms with Crippen molar-refractivity contribution < 1.29 is 38.3 Å². The second kappa shape index (κ2) is 15.1. The van der Waals surface area contributed by atoms with Gasteiger partial charge in [0, 0.05) is 43.7 Å². The second-order valence-corrected chi connectivity index (χ2v) is 15.2. The number of hydrogen-bond acceptors (Lipinski definition) is 9. The largest absolute Gasteiger partial charge is 0.514 e. The maximum absolute atomic E-state index is 12.8. The first-order chi connectivity index (χ1) is 21.8. The molecule has 2 aliphatic carbocycles. The van der Waals surface area contributed by atoms with Crippen molar-refractivity contribution in [3.05, 3.63) is 23.3 Å². The molecule has 2 aliphatic heterocycles. The zero-order chi connectivity index (χ0) is 33.9. The topological polar surface area (TPSA) is 95.9 Å². The molecule has 1 N–H and O–H groups in total. The summed E-state index contributed by atoms with van der Waals surface area (Å²) >= 11 is 0.